The minimum Gasteiger partial charge on any atom is -0.490 e. The summed E-state index contributed by atoms with van der Waals surface area (Å²) in [6.07, 6.45) is 5.48. The van der Waals surface area contributed by atoms with E-state index in [2.05, 4.69) is 11.1 Å². The van der Waals surface area contributed by atoms with Crippen LogP contribution in [-0.4, -0.2) is 33.2 Å². The highest BCUT2D eigenvalue weighted by Gasteiger charge is 2.54. The van der Waals surface area contributed by atoms with E-state index in [1.165, 1.54) is 0 Å². The summed E-state index contributed by atoms with van der Waals surface area (Å²) in [5, 5.41) is 11.5. The van der Waals surface area contributed by atoms with Crippen LogP contribution in [0.5, 0.6) is 5.75 Å². The molecule has 3 N–H and O–H groups in total. The minimum atomic E-state index is -0.448. The van der Waals surface area contributed by atoms with E-state index in [9.17, 15) is 5.11 Å². The first-order valence-corrected chi connectivity index (χ1v) is 10.5. The van der Waals surface area contributed by atoms with Crippen LogP contribution >= 0.6 is 23.4 Å². The largest absolute Gasteiger partial charge is 0.490 e. The molecule has 7 heteroatoms. The Hall–Kier alpha value is -1.76. The second-order valence-electron chi connectivity index (χ2n) is 7.50. The number of fused-ring (bicyclic) bond motifs is 4. The van der Waals surface area contributed by atoms with Crippen molar-refractivity contribution in [1.29, 1.82) is 0 Å². The van der Waals surface area contributed by atoms with Gasteiger partial charge >= 0.3 is 0 Å². The summed E-state index contributed by atoms with van der Waals surface area (Å²) in [4.78, 5) is 9.12. The van der Waals surface area contributed by atoms with Gasteiger partial charge in [-0.2, -0.15) is 0 Å². The molecule has 2 aromatic rings. The first kappa shape index (κ1) is 17.3. The number of ether oxygens (including phenoxy) is 1. The van der Waals surface area contributed by atoms with E-state index in [-0.39, 0.29) is 18.1 Å². The monoisotopic (exact) mass is 401 g/mol. The van der Waals surface area contributed by atoms with Gasteiger partial charge in [-0.15, -0.1) is 0 Å². The van der Waals surface area contributed by atoms with E-state index in [4.69, 9.17) is 27.1 Å². The van der Waals surface area contributed by atoms with Gasteiger partial charge in [-0.3, -0.25) is 4.98 Å². The number of thioether (sulfide) groups is 1. The third-order valence-corrected chi connectivity index (χ3v) is 7.06. The summed E-state index contributed by atoms with van der Waals surface area (Å²) in [6.45, 7) is 0. The molecular formula is C20H20ClN3O2S. The first-order chi connectivity index (χ1) is 13.0. The number of hydrogen-bond donors (Lipinski definition) is 2. The Kier molecular flexibility index (Phi) is 4.11. The summed E-state index contributed by atoms with van der Waals surface area (Å²) >= 11 is 7.71. The fraction of sp³-hybridized carbons (Fsp3) is 0.400. The summed E-state index contributed by atoms with van der Waals surface area (Å²) < 4.78 is 6.35. The molecule has 0 bridgehead atoms. The van der Waals surface area contributed by atoms with Crippen molar-refractivity contribution in [2.75, 3.05) is 5.75 Å². The number of amidine groups is 1. The van der Waals surface area contributed by atoms with Crippen molar-refractivity contribution in [2.24, 2.45) is 16.6 Å². The molecule has 0 amide bonds. The zero-order valence-corrected chi connectivity index (χ0v) is 16.2. The molecule has 0 saturated heterocycles. The zero-order chi connectivity index (χ0) is 18.6. The number of aliphatic imine (C=N–C) groups is 1. The van der Waals surface area contributed by atoms with Gasteiger partial charge in [0.1, 0.15) is 17.4 Å². The van der Waals surface area contributed by atoms with Crippen molar-refractivity contribution in [3.05, 3.63) is 47.2 Å². The second kappa shape index (κ2) is 6.40. The molecule has 5 rings (SSSR count). The lowest BCUT2D eigenvalue weighted by Gasteiger charge is -2.48. The molecule has 1 spiro atoms. The lowest BCUT2D eigenvalue weighted by Crippen LogP contribution is -2.51. The van der Waals surface area contributed by atoms with E-state index in [0.29, 0.717) is 16.6 Å². The van der Waals surface area contributed by atoms with Gasteiger partial charge in [0.2, 0.25) is 0 Å². The molecule has 3 aliphatic rings. The van der Waals surface area contributed by atoms with Crippen LogP contribution in [0.15, 0.2) is 41.7 Å². The van der Waals surface area contributed by atoms with Crippen LogP contribution in [0.1, 0.15) is 24.8 Å². The summed E-state index contributed by atoms with van der Waals surface area (Å²) in [5.74, 6) is 1.76. The molecule has 140 valence electrons. The third kappa shape index (κ3) is 2.82. The van der Waals surface area contributed by atoms with Crippen molar-refractivity contribution in [1.82, 2.24) is 4.98 Å². The van der Waals surface area contributed by atoms with Crippen LogP contribution in [0.2, 0.25) is 5.02 Å². The number of nitrogens with zero attached hydrogens (tertiary/aromatic N) is 2. The second-order valence-corrected chi connectivity index (χ2v) is 8.93. The lowest BCUT2D eigenvalue weighted by atomic mass is 9.68. The van der Waals surface area contributed by atoms with Crippen molar-refractivity contribution >= 4 is 28.5 Å². The number of hydrogen-bond acceptors (Lipinski definition) is 6. The number of pyridine rings is 1. The van der Waals surface area contributed by atoms with Crippen LogP contribution < -0.4 is 10.5 Å². The normalized spacial score (nSPS) is 31.8. The van der Waals surface area contributed by atoms with Crippen molar-refractivity contribution in [3.8, 4) is 16.9 Å². The van der Waals surface area contributed by atoms with E-state index in [0.717, 1.165) is 41.0 Å². The van der Waals surface area contributed by atoms with Gasteiger partial charge in [0.05, 0.1) is 11.1 Å². The minimum absolute atomic E-state index is 0.0647. The Morgan fingerprint density at radius 3 is 2.89 bits per heavy atom. The van der Waals surface area contributed by atoms with Crippen molar-refractivity contribution in [2.45, 2.75) is 37.0 Å². The average molecular weight is 402 g/mol. The number of halogens is 1. The van der Waals surface area contributed by atoms with E-state index in [1.807, 2.05) is 18.2 Å². The topological polar surface area (TPSA) is 80.7 Å². The first-order valence-electron chi connectivity index (χ1n) is 9.13. The SMILES string of the molecule is NC1=NC2(CS1)c1cc(-c3cncc(Cl)c3)ccc1OC1CCC(O)C[C@@H]12. The summed E-state index contributed by atoms with van der Waals surface area (Å²) in [6, 6.07) is 8.08. The Morgan fingerprint density at radius 1 is 1.22 bits per heavy atom. The van der Waals surface area contributed by atoms with Gasteiger partial charge in [-0.05, 0) is 43.0 Å². The van der Waals surface area contributed by atoms with Crippen LogP contribution in [0.3, 0.4) is 0 Å². The molecule has 1 aliphatic carbocycles. The number of aliphatic hydroxyl groups excluding tert-OH is 1. The highest BCUT2D eigenvalue weighted by Crippen LogP contribution is 2.54. The van der Waals surface area contributed by atoms with Gasteiger partial charge in [0.25, 0.3) is 0 Å². The van der Waals surface area contributed by atoms with Gasteiger partial charge in [-0.1, -0.05) is 29.4 Å². The molecule has 5 nitrogen and oxygen atoms in total. The fourth-order valence-electron chi connectivity index (χ4n) is 4.62. The maximum absolute atomic E-state index is 10.3. The molecule has 1 fully saturated rings. The highest BCUT2D eigenvalue weighted by atomic mass is 35.5. The smallest absolute Gasteiger partial charge is 0.154 e. The molecule has 2 aliphatic heterocycles. The maximum atomic E-state index is 10.3. The van der Waals surface area contributed by atoms with Crippen LogP contribution in [0.4, 0.5) is 0 Å². The van der Waals surface area contributed by atoms with Gasteiger partial charge < -0.3 is 15.6 Å². The van der Waals surface area contributed by atoms with E-state index >= 15 is 0 Å². The predicted molar refractivity (Wildman–Crippen MR) is 108 cm³/mol. The van der Waals surface area contributed by atoms with E-state index in [1.54, 1.807) is 24.2 Å². The fourth-order valence-corrected chi connectivity index (χ4v) is 5.82. The molecule has 27 heavy (non-hydrogen) atoms. The molecule has 0 radical (unpaired) electrons. The van der Waals surface area contributed by atoms with Gasteiger partial charge in [0, 0.05) is 35.2 Å². The molecular weight excluding hydrogens is 382 g/mol. The Balaban J connectivity index is 1.66. The highest BCUT2D eigenvalue weighted by molar-refractivity contribution is 8.14. The number of nitrogens with two attached hydrogens (primary N) is 1. The van der Waals surface area contributed by atoms with E-state index < -0.39 is 5.54 Å². The Labute approximate surface area is 167 Å². The van der Waals surface area contributed by atoms with Gasteiger partial charge in [0.15, 0.2) is 5.17 Å². The Morgan fingerprint density at radius 2 is 2.11 bits per heavy atom. The number of rotatable bonds is 1. The van der Waals surface area contributed by atoms with Crippen LogP contribution in [-0.2, 0) is 5.54 Å². The number of benzene rings is 1. The van der Waals surface area contributed by atoms with Crippen molar-refractivity contribution in [3.63, 3.8) is 0 Å². The summed E-state index contributed by atoms with van der Waals surface area (Å²) in [7, 11) is 0. The lowest BCUT2D eigenvalue weighted by molar-refractivity contribution is -0.0236. The molecule has 1 saturated carbocycles. The molecule has 4 atom stereocenters. The van der Waals surface area contributed by atoms with Crippen LogP contribution in [0, 0.1) is 5.92 Å². The molecule has 1 aromatic carbocycles. The summed E-state index contributed by atoms with van der Waals surface area (Å²) in [5.41, 5.74) is 8.68. The molecule has 3 unspecified atom stereocenters. The zero-order valence-electron chi connectivity index (χ0n) is 14.6. The van der Waals surface area contributed by atoms with Crippen molar-refractivity contribution < 1.29 is 9.84 Å². The predicted octanol–water partition coefficient (Wildman–Crippen LogP) is 3.58. The maximum Gasteiger partial charge on any atom is 0.154 e. The number of aliphatic hydroxyl groups is 1. The average Bonchev–Trinajstić information content (AvgIpc) is 3.05. The standard InChI is InChI=1S/C20H20ClN3O2S/c21-13-5-12(8-23-9-13)11-1-3-17-15(6-11)20(10-27-19(22)24-20)16-7-14(25)2-4-18(16)26-17/h1,3,5-6,8-9,14,16,18,25H,2,4,7,10H2,(H2,22,24)/t14?,16-,18?,20?/m0/s1. The number of aromatic nitrogens is 1. The Bertz CT molecular complexity index is 937. The molecule has 1 aromatic heterocycles. The van der Waals surface area contributed by atoms with Gasteiger partial charge in [-0.25, -0.2) is 4.99 Å². The quantitative estimate of drug-likeness (QED) is 0.763. The third-order valence-electron chi connectivity index (χ3n) is 5.88. The molecule has 3 heterocycles. The van der Waals surface area contributed by atoms with Crippen LogP contribution in [0.25, 0.3) is 11.1 Å².